The van der Waals surface area contributed by atoms with Gasteiger partial charge in [-0.3, -0.25) is 4.79 Å². The number of rotatable bonds is 4. The van der Waals surface area contributed by atoms with Gasteiger partial charge in [-0.05, 0) is 49.9 Å². The van der Waals surface area contributed by atoms with Gasteiger partial charge in [-0.2, -0.15) is 5.26 Å². The zero-order valence-electron chi connectivity index (χ0n) is 13.7. The zero-order valence-corrected chi connectivity index (χ0v) is 13.7. The van der Waals surface area contributed by atoms with Crippen LogP contribution in [0.3, 0.4) is 0 Å². The molecule has 5 nitrogen and oxygen atoms in total. The second kappa shape index (κ2) is 6.14. The Kier molecular flexibility index (Phi) is 3.81. The Morgan fingerprint density at radius 2 is 1.92 bits per heavy atom. The SMILES string of the molecule is N#CC1(NC(=O)COc2ccc3oc4ccccc4c3c2)CCCC1. The average molecular weight is 334 g/mol. The molecule has 5 heteroatoms. The number of fused-ring (bicyclic) bond motifs is 3. The largest absolute Gasteiger partial charge is 0.484 e. The number of hydrogen-bond acceptors (Lipinski definition) is 4. The topological polar surface area (TPSA) is 75.3 Å². The number of amides is 1. The van der Waals surface area contributed by atoms with Crippen molar-refractivity contribution in [2.75, 3.05) is 6.61 Å². The molecule has 0 bridgehead atoms. The minimum atomic E-state index is -0.717. The monoisotopic (exact) mass is 334 g/mol. The van der Waals surface area contributed by atoms with E-state index in [9.17, 15) is 10.1 Å². The van der Waals surface area contributed by atoms with Gasteiger partial charge >= 0.3 is 0 Å². The van der Waals surface area contributed by atoms with Gasteiger partial charge in [0, 0.05) is 10.8 Å². The van der Waals surface area contributed by atoms with Gasteiger partial charge in [-0.15, -0.1) is 0 Å². The minimum Gasteiger partial charge on any atom is -0.484 e. The van der Waals surface area contributed by atoms with Crippen molar-refractivity contribution in [2.45, 2.75) is 31.2 Å². The maximum atomic E-state index is 12.2. The van der Waals surface area contributed by atoms with Gasteiger partial charge in [0.05, 0.1) is 6.07 Å². The zero-order chi connectivity index (χ0) is 17.3. The molecule has 0 aliphatic heterocycles. The number of furan rings is 1. The van der Waals surface area contributed by atoms with Crippen molar-refractivity contribution in [1.29, 1.82) is 5.26 Å². The van der Waals surface area contributed by atoms with Crippen molar-refractivity contribution in [1.82, 2.24) is 5.32 Å². The van der Waals surface area contributed by atoms with Crippen LogP contribution >= 0.6 is 0 Å². The van der Waals surface area contributed by atoms with Crippen LogP contribution in [0.25, 0.3) is 21.9 Å². The fraction of sp³-hybridized carbons (Fsp3) is 0.300. The lowest BCUT2D eigenvalue weighted by molar-refractivity contribution is -0.124. The second-order valence-electron chi connectivity index (χ2n) is 6.49. The van der Waals surface area contributed by atoms with E-state index < -0.39 is 5.54 Å². The molecule has 1 aromatic heterocycles. The van der Waals surface area contributed by atoms with Crippen LogP contribution in [0.15, 0.2) is 46.9 Å². The molecule has 3 aromatic rings. The summed E-state index contributed by atoms with van der Waals surface area (Å²) in [6, 6.07) is 15.6. The van der Waals surface area contributed by atoms with Crippen molar-refractivity contribution < 1.29 is 13.9 Å². The van der Waals surface area contributed by atoms with E-state index >= 15 is 0 Å². The molecule has 1 aliphatic rings. The molecule has 1 fully saturated rings. The fourth-order valence-corrected chi connectivity index (χ4v) is 3.49. The summed E-state index contributed by atoms with van der Waals surface area (Å²) in [5, 5.41) is 14.1. The number of benzene rings is 2. The van der Waals surface area contributed by atoms with Gasteiger partial charge in [-0.25, -0.2) is 0 Å². The lowest BCUT2D eigenvalue weighted by atomic mass is 10.00. The number of nitrogens with zero attached hydrogens (tertiary/aromatic N) is 1. The predicted molar refractivity (Wildman–Crippen MR) is 94.2 cm³/mol. The molecule has 1 N–H and O–H groups in total. The van der Waals surface area contributed by atoms with Crippen LogP contribution in [0, 0.1) is 11.3 Å². The highest BCUT2D eigenvalue weighted by atomic mass is 16.5. The van der Waals surface area contributed by atoms with Crippen LogP contribution in [0.2, 0.25) is 0 Å². The first-order chi connectivity index (χ1) is 12.2. The Bertz CT molecular complexity index is 977. The van der Waals surface area contributed by atoms with E-state index in [0.717, 1.165) is 34.8 Å². The highest BCUT2D eigenvalue weighted by molar-refractivity contribution is 6.05. The third kappa shape index (κ3) is 2.91. The summed E-state index contributed by atoms with van der Waals surface area (Å²) in [6.07, 6.45) is 3.36. The summed E-state index contributed by atoms with van der Waals surface area (Å²) in [4.78, 5) is 12.2. The van der Waals surface area contributed by atoms with Crippen LogP contribution < -0.4 is 10.1 Å². The molecular weight excluding hydrogens is 316 g/mol. The Morgan fingerprint density at radius 1 is 1.16 bits per heavy atom. The molecule has 0 spiro atoms. The fourth-order valence-electron chi connectivity index (χ4n) is 3.49. The van der Waals surface area contributed by atoms with Crippen LogP contribution in [0.1, 0.15) is 25.7 Å². The standard InChI is InChI=1S/C20H18N2O3/c21-13-20(9-3-4-10-20)22-19(23)12-24-14-7-8-18-16(11-14)15-5-1-2-6-17(15)25-18/h1-2,5-8,11H,3-4,9-10,12H2,(H,22,23). The summed E-state index contributed by atoms with van der Waals surface area (Å²) in [5.41, 5.74) is 0.891. The van der Waals surface area contributed by atoms with E-state index in [1.807, 2.05) is 36.4 Å². The van der Waals surface area contributed by atoms with Crippen LogP contribution in [-0.4, -0.2) is 18.1 Å². The smallest absolute Gasteiger partial charge is 0.259 e. The van der Waals surface area contributed by atoms with Gasteiger partial charge in [0.15, 0.2) is 6.61 Å². The first-order valence-electron chi connectivity index (χ1n) is 8.45. The number of carbonyl (C=O) groups excluding carboxylic acids is 1. The molecule has 0 saturated heterocycles. The molecule has 0 atom stereocenters. The Balaban J connectivity index is 1.48. The number of nitrogens with one attached hydrogen (secondary N) is 1. The Labute approximate surface area is 145 Å². The quantitative estimate of drug-likeness (QED) is 0.785. The van der Waals surface area contributed by atoms with Crippen LogP contribution in [0.5, 0.6) is 5.75 Å². The van der Waals surface area contributed by atoms with Crippen molar-refractivity contribution >= 4 is 27.8 Å². The lowest BCUT2D eigenvalue weighted by Gasteiger charge is -2.21. The Morgan fingerprint density at radius 3 is 2.72 bits per heavy atom. The van der Waals surface area contributed by atoms with E-state index in [0.29, 0.717) is 18.6 Å². The molecule has 1 saturated carbocycles. The number of nitriles is 1. The molecule has 126 valence electrons. The van der Waals surface area contributed by atoms with Gasteiger partial charge in [0.1, 0.15) is 22.5 Å². The van der Waals surface area contributed by atoms with Gasteiger partial charge in [0.25, 0.3) is 5.91 Å². The number of ether oxygens (including phenoxy) is 1. The van der Waals surface area contributed by atoms with Crippen LogP contribution in [0.4, 0.5) is 0 Å². The van der Waals surface area contributed by atoms with Crippen molar-refractivity contribution in [3.8, 4) is 11.8 Å². The molecule has 1 heterocycles. The minimum absolute atomic E-state index is 0.106. The lowest BCUT2D eigenvalue weighted by Crippen LogP contribution is -2.47. The average Bonchev–Trinajstić information content (AvgIpc) is 3.24. The summed E-state index contributed by atoms with van der Waals surface area (Å²) in [6.45, 7) is -0.106. The van der Waals surface area contributed by atoms with Gasteiger partial charge < -0.3 is 14.5 Å². The third-order valence-corrected chi connectivity index (χ3v) is 4.77. The van der Waals surface area contributed by atoms with E-state index in [1.165, 1.54) is 0 Å². The predicted octanol–water partition coefficient (Wildman–Crippen LogP) is 3.92. The highest BCUT2D eigenvalue weighted by Gasteiger charge is 2.35. The van der Waals surface area contributed by atoms with E-state index in [1.54, 1.807) is 6.07 Å². The molecular formula is C20H18N2O3. The summed E-state index contributed by atoms with van der Waals surface area (Å²) in [7, 11) is 0. The molecule has 2 aromatic carbocycles. The number of hydrogen-bond donors (Lipinski definition) is 1. The first-order valence-corrected chi connectivity index (χ1v) is 8.45. The van der Waals surface area contributed by atoms with E-state index in [4.69, 9.17) is 9.15 Å². The van der Waals surface area contributed by atoms with Crippen molar-refractivity contribution in [3.05, 3.63) is 42.5 Å². The van der Waals surface area contributed by atoms with E-state index in [2.05, 4.69) is 11.4 Å². The number of carbonyl (C=O) groups is 1. The molecule has 0 unspecified atom stereocenters. The summed E-state index contributed by atoms with van der Waals surface area (Å²) < 4.78 is 11.4. The van der Waals surface area contributed by atoms with E-state index in [-0.39, 0.29) is 12.5 Å². The molecule has 4 rings (SSSR count). The van der Waals surface area contributed by atoms with Crippen molar-refractivity contribution in [2.24, 2.45) is 0 Å². The first kappa shape index (κ1) is 15.5. The normalized spacial score (nSPS) is 16.0. The third-order valence-electron chi connectivity index (χ3n) is 4.77. The molecule has 0 radical (unpaired) electrons. The maximum absolute atomic E-state index is 12.2. The molecule has 25 heavy (non-hydrogen) atoms. The number of para-hydroxylation sites is 1. The maximum Gasteiger partial charge on any atom is 0.259 e. The summed E-state index contributed by atoms with van der Waals surface area (Å²) in [5.74, 6) is 0.340. The molecule has 1 amide bonds. The van der Waals surface area contributed by atoms with Crippen LogP contribution in [-0.2, 0) is 4.79 Å². The highest BCUT2D eigenvalue weighted by Crippen LogP contribution is 2.31. The van der Waals surface area contributed by atoms with Crippen molar-refractivity contribution in [3.63, 3.8) is 0 Å². The summed E-state index contributed by atoms with van der Waals surface area (Å²) >= 11 is 0. The molecule has 1 aliphatic carbocycles. The second-order valence-corrected chi connectivity index (χ2v) is 6.49. The van der Waals surface area contributed by atoms with Gasteiger partial charge in [-0.1, -0.05) is 18.2 Å². The Hall–Kier alpha value is -3.00. The van der Waals surface area contributed by atoms with Gasteiger partial charge in [0.2, 0.25) is 0 Å².